The molecule has 5 heteroatoms. The quantitative estimate of drug-likeness (QED) is 0.797. The fraction of sp³-hybridized carbons (Fsp3) is 0.200. The molecule has 0 atom stereocenters. The molecular weight excluding hydrogens is 316 g/mol. The molecule has 0 aliphatic carbocycles. The summed E-state index contributed by atoms with van der Waals surface area (Å²) in [5.74, 6) is 0. The summed E-state index contributed by atoms with van der Waals surface area (Å²) >= 11 is 3.54. The van der Waals surface area contributed by atoms with Gasteiger partial charge < -0.3 is 5.32 Å². The monoisotopic (exact) mass is 330 g/mol. The van der Waals surface area contributed by atoms with Crippen LogP contribution in [0.5, 0.6) is 0 Å². The van der Waals surface area contributed by atoms with Gasteiger partial charge in [-0.1, -0.05) is 12.1 Å². The van der Waals surface area contributed by atoms with E-state index in [1.807, 2.05) is 42.3 Å². The van der Waals surface area contributed by atoms with Crippen molar-refractivity contribution in [2.24, 2.45) is 7.05 Å². The SMILES string of the molecule is Cc1c(CNc2ccnc3c(Br)cccc23)cnn1C. The van der Waals surface area contributed by atoms with Crippen molar-refractivity contribution < 1.29 is 0 Å². The van der Waals surface area contributed by atoms with Crippen molar-refractivity contribution in [2.75, 3.05) is 5.32 Å². The zero-order chi connectivity index (χ0) is 14.1. The molecule has 1 aromatic carbocycles. The van der Waals surface area contributed by atoms with Crippen molar-refractivity contribution in [2.45, 2.75) is 13.5 Å². The predicted molar refractivity (Wildman–Crippen MR) is 84.7 cm³/mol. The van der Waals surface area contributed by atoms with Gasteiger partial charge in [-0.3, -0.25) is 9.67 Å². The van der Waals surface area contributed by atoms with Gasteiger partial charge in [-0.25, -0.2) is 0 Å². The number of aromatic nitrogens is 3. The molecule has 0 bridgehead atoms. The minimum Gasteiger partial charge on any atom is -0.380 e. The first kappa shape index (κ1) is 13.1. The summed E-state index contributed by atoms with van der Waals surface area (Å²) in [6, 6.07) is 8.10. The third-order valence-electron chi connectivity index (χ3n) is 3.53. The Kier molecular flexibility index (Phi) is 3.44. The van der Waals surface area contributed by atoms with Crippen molar-refractivity contribution in [3.05, 3.63) is 52.4 Å². The second-order valence-corrected chi connectivity index (χ2v) is 5.58. The van der Waals surface area contributed by atoms with Crippen LogP contribution in [0.1, 0.15) is 11.3 Å². The molecule has 0 saturated carbocycles. The first-order valence-corrected chi connectivity index (χ1v) is 7.20. The van der Waals surface area contributed by atoms with Gasteiger partial charge in [0.2, 0.25) is 0 Å². The first-order chi connectivity index (χ1) is 9.66. The van der Waals surface area contributed by atoms with Gasteiger partial charge in [0.15, 0.2) is 0 Å². The number of benzene rings is 1. The van der Waals surface area contributed by atoms with E-state index in [0.29, 0.717) is 0 Å². The Morgan fingerprint density at radius 2 is 2.15 bits per heavy atom. The Morgan fingerprint density at radius 3 is 2.90 bits per heavy atom. The molecule has 4 nitrogen and oxygen atoms in total. The Balaban J connectivity index is 1.92. The maximum absolute atomic E-state index is 4.41. The van der Waals surface area contributed by atoms with Crippen LogP contribution in [0.4, 0.5) is 5.69 Å². The van der Waals surface area contributed by atoms with E-state index in [9.17, 15) is 0 Å². The smallest absolute Gasteiger partial charge is 0.0864 e. The van der Waals surface area contributed by atoms with E-state index in [0.717, 1.165) is 27.6 Å². The van der Waals surface area contributed by atoms with Crippen molar-refractivity contribution in [1.82, 2.24) is 14.8 Å². The molecular formula is C15H15BrN4. The summed E-state index contributed by atoms with van der Waals surface area (Å²) in [5, 5.41) is 8.85. The van der Waals surface area contributed by atoms with Crippen molar-refractivity contribution in [3.8, 4) is 0 Å². The molecule has 102 valence electrons. The average Bonchev–Trinajstić information content (AvgIpc) is 2.77. The minimum atomic E-state index is 0.755. The summed E-state index contributed by atoms with van der Waals surface area (Å²) in [4.78, 5) is 4.41. The number of anilines is 1. The van der Waals surface area contributed by atoms with Crippen molar-refractivity contribution in [3.63, 3.8) is 0 Å². The molecule has 0 unspecified atom stereocenters. The van der Waals surface area contributed by atoms with Gasteiger partial charge in [-0.05, 0) is 35.0 Å². The van der Waals surface area contributed by atoms with E-state index in [-0.39, 0.29) is 0 Å². The lowest BCUT2D eigenvalue weighted by Crippen LogP contribution is -2.02. The highest BCUT2D eigenvalue weighted by Crippen LogP contribution is 2.27. The van der Waals surface area contributed by atoms with Gasteiger partial charge in [0.05, 0.1) is 11.7 Å². The summed E-state index contributed by atoms with van der Waals surface area (Å²) in [5.41, 5.74) is 4.43. The van der Waals surface area contributed by atoms with E-state index >= 15 is 0 Å². The van der Waals surface area contributed by atoms with Gasteiger partial charge >= 0.3 is 0 Å². The zero-order valence-corrected chi connectivity index (χ0v) is 13.0. The molecule has 2 heterocycles. The maximum atomic E-state index is 4.41. The molecule has 2 aromatic heterocycles. The van der Waals surface area contributed by atoms with E-state index < -0.39 is 0 Å². The Labute approximate surface area is 126 Å². The summed E-state index contributed by atoms with van der Waals surface area (Å²) < 4.78 is 2.90. The number of halogens is 1. The van der Waals surface area contributed by atoms with Crippen LogP contribution in [0, 0.1) is 6.92 Å². The lowest BCUT2D eigenvalue weighted by molar-refractivity contribution is 0.738. The number of para-hydroxylation sites is 1. The number of nitrogens with one attached hydrogen (secondary N) is 1. The van der Waals surface area contributed by atoms with Crippen LogP contribution in [0.25, 0.3) is 10.9 Å². The van der Waals surface area contributed by atoms with Crippen LogP contribution in [-0.4, -0.2) is 14.8 Å². The molecule has 0 spiro atoms. The molecule has 0 amide bonds. The topological polar surface area (TPSA) is 42.7 Å². The zero-order valence-electron chi connectivity index (χ0n) is 11.4. The number of hydrogen-bond donors (Lipinski definition) is 1. The second-order valence-electron chi connectivity index (χ2n) is 4.73. The highest BCUT2D eigenvalue weighted by atomic mass is 79.9. The van der Waals surface area contributed by atoms with Crippen LogP contribution in [0.3, 0.4) is 0 Å². The van der Waals surface area contributed by atoms with Gasteiger partial charge in [-0.15, -0.1) is 0 Å². The lowest BCUT2D eigenvalue weighted by atomic mass is 10.2. The van der Waals surface area contributed by atoms with E-state index in [1.165, 1.54) is 11.3 Å². The summed E-state index contributed by atoms with van der Waals surface area (Å²) in [7, 11) is 1.96. The molecule has 0 fully saturated rings. The Bertz CT molecular complexity index is 764. The molecule has 3 aromatic rings. The van der Waals surface area contributed by atoms with Crippen LogP contribution in [0.15, 0.2) is 41.1 Å². The van der Waals surface area contributed by atoms with Crippen LogP contribution >= 0.6 is 15.9 Å². The summed E-state index contributed by atoms with van der Waals surface area (Å²) in [6.07, 6.45) is 3.73. The number of nitrogens with zero attached hydrogens (tertiary/aromatic N) is 3. The standard InChI is InChI=1S/C15H15BrN4/c1-10-11(9-19-20(10)2)8-18-14-6-7-17-15-12(14)4-3-5-13(15)16/h3-7,9H,8H2,1-2H3,(H,17,18). The molecule has 0 radical (unpaired) electrons. The fourth-order valence-corrected chi connectivity index (χ4v) is 2.67. The number of rotatable bonds is 3. The Morgan fingerprint density at radius 1 is 1.30 bits per heavy atom. The second kappa shape index (κ2) is 5.25. The van der Waals surface area contributed by atoms with Gasteiger partial charge in [0.1, 0.15) is 0 Å². The van der Waals surface area contributed by atoms with Crippen molar-refractivity contribution >= 4 is 32.5 Å². The van der Waals surface area contributed by atoms with Crippen LogP contribution in [-0.2, 0) is 13.6 Å². The Hall–Kier alpha value is -1.88. The highest BCUT2D eigenvalue weighted by Gasteiger charge is 2.06. The molecule has 1 N–H and O–H groups in total. The predicted octanol–water partition coefficient (Wildman–Crippen LogP) is 3.65. The maximum Gasteiger partial charge on any atom is 0.0864 e. The molecule has 0 aliphatic heterocycles. The molecule has 20 heavy (non-hydrogen) atoms. The average molecular weight is 331 g/mol. The molecule has 0 saturated heterocycles. The van der Waals surface area contributed by atoms with E-state index in [1.54, 1.807) is 0 Å². The van der Waals surface area contributed by atoms with Crippen LogP contribution < -0.4 is 5.32 Å². The molecule has 0 aliphatic rings. The number of hydrogen-bond acceptors (Lipinski definition) is 3. The number of aryl methyl sites for hydroxylation is 1. The van der Waals surface area contributed by atoms with E-state index in [2.05, 4.69) is 44.3 Å². The highest BCUT2D eigenvalue weighted by molar-refractivity contribution is 9.10. The van der Waals surface area contributed by atoms with Gasteiger partial charge in [-0.2, -0.15) is 5.10 Å². The lowest BCUT2D eigenvalue weighted by Gasteiger charge is -2.10. The summed E-state index contributed by atoms with van der Waals surface area (Å²) in [6.45, 7) is 2.83. The third-order valence-corrected chi connectivity index (χ3v) is 4.17. The third kappa shape index (κ3) is 2.29. The largest absolute Gasteiger partial charge is 0.380 e. The van der Waals surface area contributed by atoms with E-state index in [4.69, 9.17) is 0 Å². The van der Waals surface area contributed by atoms with Crippen molar-refractivity contribution in [1.29, 1.82) is 0 Å². The normalized spacial score (nSPS) is 10.9. The minimum absolute atomic E-state index is 0.755. The number of fused-ring (bicyclic) bond motifs is 1. The van der Waals surface area contributed by atoms with Gasteiger partial charge in [0, 0.05) is 46.6 Å². The van der Waals surface area contributed by atoms with Crippen LogP contribution in [0.2, 0.25) is 0 Å². The molecule has 3 rings (SSSR count). The fourth-order valence-electron chi connectivity index (χ4n) is 2.20. The number of pyridine rings is 1. The van der Waals surface area contributed by atoms with Gasteiger partial charge in [0.25, 0.3) is 0 Å². The first-order valence-electron chi connectivity index (χ1n) is 6.41.